The van der Waals surface area contributed by atoms with Gasteiger partial charge < -0.3 is 16.2 Å². The number of carbonyl (C=O) groups is 1. The van der Waals surface area contributed by atoms with Crippen LogP contribution >= 0.6 is 0 Å². The van der Waals surface area contributed by atoms with Gasteiger partial charge in [0.25, 0.3) is 0 Å². The first-order chi connectivity index (χ1) is 10.2. The van der Waals surface area contributed by atoms with Gasteiger partial charge in [0.15, 0.2) is 0 Å². The zero-order chi connectivity index (χ0) is 15.1. The van der Waals surface area contributed by atoms with E-state index < -0.39 is 0 Å². The van der Waals surface area contributed by atoms with Gasteiger partial charge in [-0.25, -0.2) is 0 Å². The molecule has 1 aliphatic rings. The fourth-order valence-corrected chi connectivity index (χ4v) is 2.70. The Morgan fingerprint density at radius 2 is 2.10 bits per heavy atom. The summed E-state index contributed by atoms with van der Waals surface area (Å²) in [6.07, 6.45) is 2.83. The van der Waals surface area contributed by atoms with Crippen molar-refractivity contribution >= 4 is 5.91 Å². The van der Waals surface area contributed by atoms with Crippen molar-refractivity contribution in [2.45, 2.75) is 19.3 Å². The molecule has 1 heterocycles. The summed E-state index contributed by atoms with van der Waals surface area (Å²) in [6.45, 7) is 3.89. The highest BCUT2D eigenvalue weighted by molar-refractivity contribution is 5.76. The number of likely N-dealkylation sites (tertiary alicyclic amines) is 1. The normalized spacial score (nSPS) is 19.4. The topological polar surface area (TPSA) is 81.6 Å². The molecule has 1 amide bonds. The molecule has 1 atom stereocenters. The monoisotopic (exact) mass is 291 g/mol. The summed E-state index contributed by atoms with van der Waals surface area (Å²) in [4.78, 5) is 13.5. The maximum atomic E-state index is 11.2. The van der Waals surface area contributed by atoms with Gasteiger partial charge in [-0.1, -0.05) is 12.1 Å². The van der Waals surface area contributed by atoms with E-state index in [4.69, 9.17) is 16.2 Å². The number of amides is 1. The number of rotatable bonds is 7. The molecule has 1 fully saturated rings. The summed E-state index contributed by atoms with van der Waals surface area (Å²) in [5.74, 6) is 0.685. The quantitative estimate of drug-likeness (QED) is 0.777. The third-order valence-electron chi connectivity index (χ3n) is 3.94. The summed E-state index contributed by atoms with van der Waals surface area (Å²) < 4.78 is 5.75. The van der Waals surface area contributed by atoms with Crippen molar-refractivity contribution in [3.63, 3.8) is 0 Å². The lowest BCUT2D eigenvalue weighted by molar-refractivity contribution is -0.123. The summed E-state index contributed by atoms with van der Waals surface area (Å²) in [6, 6.07) is 8.05. The smallest absolute Gasteiger partial charge is 0.221 e. The highest BCUT2D eigenvalue weighted by Crippen LogP contribution is 2.16. The van der Waals surface area contributed by atoms with E-state index in [1.54, 1.807) is 0 Å². The highest BCUT2D eigenvalue weighted by Gasteiger charge is 2.23. The van der Waals surface area contributed by atoms with Crippen LogP contribution in [0.25, 0.3) is 0 Å². The Bertz CT molecular complexity index is 447. The van der Waals surface area contributed by atoms with E-state index in [0.717, 1.165) is 44.6 Å². The molecule has 0 spiro atoms. The predicted octanol–water partition coefficient (Wildman–Crippen LogP) is 0.764. The van der Waals surface area contributed by atoms with E-state index in [1.807, 2.05) is 24.3 Å². The molecule has 0 aliphatic carbocycles. The molecule has 1 unspecified atom stereocenters. The second-order valence-electron chi connectivity index (χ2n) is 5.57. The van der Waals surface area contributed by atoms with Crippen molar-refractivity contribution in [2.75, 3.05) is 32.8 Å². The Labute approximate surface area is 126 Å². The molecule has 1 saturated heterocycles. The zero-order valence-corrected chi connectivity index (χ0v) is 12.5. The van der Waals surface area contributed by atoms with Gasteiger partial charge in [-0.15, -0.1) is 0 Å². The van der Waals surface area contributed by atoms with Gasteiger partial charge in [0.1, 0.15) is 12.4 Å². The average Bonchev–Trinajstić information content (AvgIpc) is 2.50. The van der Waals surface area contributed by atoms with E-state index >= 15 is 0 Å². The number of nitrogens with zero attached hydrogens (tertiary/aromatic N) is 1. The van der Waals surface area contributed by atoms with Crippen LogP contribution in [-0.2, 0) is 11.2 Å². The van der Waals surface area contributed by atoms with Gasteiger partial charge in [-0.3, -0.25) is 9.69 Å². The van der Waals surface area contributed by atoms with Crippen molar-refractivity contribution < 1.29 is 9.53 Å². The lowest BCUT2D eigenvalue weighted by atomic mass is 9.98. The van der Waals surface area contributed by atoms with E-state index in [0.29, 0.717) is 13.2 Å². The minimum Gasteiger partial charge on any atom is -0.492 e. The van der Waals surface area contributed by atoms with Crippen molar-refractivity contribution in [2.24, 2.45) is 17.4 Å². The third-order valence-corrected chi connectivity index (χ3v) is 3.94. The molecule has 21 heavy (non-hydrogen) atoms. The van der Waals surface area contributed by atoms with Gasteiger partial charge in [-0.05, 0) is 50.0 Å². The fraction of sp³-hybridized carbons (Fsp3) is 0.562. The maximum absolute atomic E-state index is 11.2. The standard InChI is InChI=1S/C16H25N3O2/c17-8-7-13-3-5-15(6-4-13)21-11-10-19-9-1-2-14(12-19)16(18)20/h3-6,14H,1-2,7-12,17H2,(H2,18,20). The summed E-state index contributed by atoms with van der Waals surface area (Å²) in [5.41, 5.74) is 12.1. The molecular formula is C16H25N3O2. The number of hydrogen-bond acceptors (Lipinski definition) is 4. The molecule has 1 aromatic rings. The van der Waals surface area contributed by atoms with Crippen LogP contribution in [0.2, 0.25) is 0 Å². The minimum absolute atomic E-state index is 0.00528. The number of hydrogen-bond donors (Lipinski definition) is 2. The summed E-state index contributed by atoms with van der Waals surface area (Å²) in [7, 11) is 0. The first kappa shape index (κ1) is 15.8. The molecule has 1 aliphatic heterocycles. The van der Waals surface area contributed by atoms with Crippen molar-refractivity contribution in [3.05, 3.63) is 29.8 Å². The van der Waals surface area contributed by atoms with E-state index in [-0.39, 0.29) is 11.8 Å². The van der Waals surface area contributed by atoms with Gasteiger partial charge in [0.2, 0.25) is 5.91 Å². The van der Waals surface area contributed by atoms with Gasteiger partial charge in [0, 0.05) is 13.1 Å². The Morgan fingerprint density at radius 3 is 2.76 bits per heavy atom. The second kappa shape index (κ2) is 8.00. The van der Waals surface area contributed by atoms with Crippen molar-refractivity contribution in [1.29, 1.82) is 0 Å². The number of ether oxygens (including phenoxy) is 1. The molecule has 0 bridgehead atoms. The zero-order valence-electron chi connectivity index (χ0n) is 12.5. The average molecular weight is 291 g/mol. The highest BCUT2D eigenvalue weighted by atomic mass is 16.5. The Balaban J connectivity index is 1.72. The first-order valence-electron chi connectivity index (χ1n) is 7.62. The third kappa shape index (κ3) is 5.02. The van der Waals surface area contributed by atoms with Crippen molar-refractivity contribution in [1.82, 2.24) is 4.90 Å². The van der Waals surface area contributed by atoms with Crippen LogP contribution in [0.1, 0.15) is 18.4 Å². The van der Waals surface area contributed by atoms with Crippen LogP contribution in [0.4, 0.5) is 0 Å². The van der Waals surface area contributed by atoms with Crippen LogP contribution in [0.5, 0.6) is 5.75 Å². The first-order valence-corrected chi connectivity index (χ1v) is 7.62. The second-order valence-corrected chi connectivity index (χ2v) is 5.57. The van der Waals surface area contributed by atoms with Crippen LogP contribution in [0.15, 0.2) is 24.3 Å². The Kier molecular flexibility index (Phi) is 6.02. The van der Waals surface area contributed by atoms with Crippen LogP contribution in [-0.4, -0.2) is 43.6 Å². The van der Waals surface area contributed by atoms with Crippen LogP contribution in [0, 0.1) is 5.92 Å². The molecule has 0 radical (unpaired) electrons. The van der Waals surface area contributed by atoms with Gasteiger partial charge in [0.05, 0.1) is 5.92 Å². The van der Waals surface area contributed by atoms with Crippen molar-refractivity contribution in [3.8, 4) is 5.75 Å². The Morgan fingerprint density at radius 1 is 1.33 bits per heavy atom. The van der Waals surface area contributed by atoms with Gasteiger partial charge >= 0.3 is 0 Å². The SMILES string of the molecule is NCCc1ccc(OCCN2CCCC(C(N)=O)C2)cc1. The maximum Gasteiger partial charge on any atom is 0.221 e. The fourth-order valence-electron chi connectivity index (χ4n) is 2.70. The van der Waals surface area contributed by atoms with Crippen LogP contribution < -0.4 is 16.2 Å². The number of piperidine rings is 1. The lowest BCUT2D eigenvalue weighted by Gasteiger charge is -2.30. The predicted molar refractivity (Wildman–Crippen MR) is 83.1 cm³/mol. The number of carbonyl (C=O) groups excluding carboxylic acids is 1. The number of nitrogens with two attached hydrogens (primary N) is 2. The molecule has 4 N–H and O–H groups in total. The van der Waals surface area contributed by atoms with Gasteiger partial charge in [-0.2, -0.15) is 0 Å². The molecule has 1 aromatic carbocycles. The van der Waals surface area contributed by atoms with E-state index in [2.05, 4.69) is 4.90 Å². The summed E-state index contributed by atoms with van der Waals surface area (Å²) in [5, 5.41) is 0. The summed E-state index contributed by atoms with van der Waals surface area (Å²) >= 11 is 0. The van der Waals surface area contributed by atoms with Crippen LogP contribution in [0.3, 0.4) is 0 Å². The molecule has 116 valence electrons. The number of benzene rings is 1. The van der Waals surface area contributed by atoms with E-state index in [1.165, 1.54) is 5.56 Å². The molecule has 5 nitrogen and oxygen atoms in total. The largest absolute Gasteiger partial charge is 0.492 e. The Hall–Kier alpha value is -1.59. The van der Waals surface area contributed by atoms with E-state index in [9.17, 15) is 4.79 Å². The molecule has 0 saturated carbocycles. The molecule has 5 heteroatoms. The minimum atomic E-state index is -0.184. The number of primary amides is 1. The molecule has 0 aromatic heterocycles. The molecular weight excluding hydrogens is 266 g/mol. The molecule has 2 rings (SSSR count). The lowest BCUT2D eigenvalue weighted by Crippen LogP contribution is -2.42.